The van der Waals surface area contributed by atoms with Gasteiger partial charge in [-0.3, -0.25) is 4.79 Å². The molecule has 0 radical (unpaired) electrons. The molecule has 146 valence electrons. The number of carbonyl (C=O) groups is 1. The first-order chi connectivity index (χ1) is 14.2. The van der Waals surface area contributed by atoms with E-state index < -0.39 is 0 Å². The third kappa shape index (κ3) is 3.70. The summed E-state index contributed by atoms with van der Waals surface area (Å²) in [5, 5.41) is 3.18. The summed E-state index contributed by atoms with van der Waals surface area (Å²) in [6, 6.07) is 25.2. The molecule has 1 spiro atoms. The van der Waals surface area contributed by atoms with E-state index in [1.807, 2.05) is 66.7 Å². The highest BCUT2D eigenvalue weighted by molar-refractivity contribution is 5.95. The van der Waals surface area contributed by atoms with E-state index in [1.165, 1.54) is 0 Å². The topological polar surface area (TPSA) is 47.6 Å². The summed E-state index contributed by atoms with van der Waals surface area (Å²) < 4.78 is 11.9. The summed E-state index contributed by atoms with van der Waals surface area (Å²) in [4.78, 5) is 13.1. The monoisotopic (exact) mass is 385 g/mol. The zero-order chi connectivity index (χ0) is 19.7. The lowest BCUT2D eigenvalue weighted by atomic mass is 9.98. The number of benzene rings is 3. The van der Waals surface area contributed by atoms with Crippen molar-refractivity contribution in [1.29, 1.82) is 0 Å². The molecule has 1 fully saturated rings. The largest absolute Gasteiger partial charge is 0.489 e. The first-order valence-electron chi connectivity index (χ1n) is 10.0. The quantitative estimate of drug-likeness (QED) is 0.705. The Labute approximate surface area is 170 Å². The molecule has 0 bridgehead atoms. The highest BCUT2D eigenvalue weighted by Crippen LogP contribution is 2.49. The third-order valence-corrected chi connectivity index (χ3v) is 5.77. The van der Waals surface area contributed by atoms with Crippen molar-refractivity contribution in [2.45, 2.75) is 18.9 Å². The first kappa shape index (κ1) is 17.8. The predicted molar refractivity (Wildman–Crippen MR) is 111 cm³/mol. The molecule has 1 aliphatic carbocycles. The molecule has 5 rings (SSSR count). The average Bonchev–Trinajstić information content (AvgIpc) is 3.58. The molecule has 1 N–H and O–H groups in total. The number of ether oxygens (including phenoxy) is 2. The number of amides is 1. The van der Waals surface area contributed by atoms with Crippen molar-refractivity contribution in [2.24, 2.45) is 5.41 Å². The fourth-order valence-electron chi connectivity index (χ4n) is 3.71. The molecule has 0 atom stereocenters. The van der Waals surface area contributed by atoms with Crippen molar-refractivity contribution in [1.82, 2.24) is 5.32 Å². The van der Waals surface area contributed by atoms with Crippen molar-refractivity contribution in [3.63, 3.8) is 0 Å². The highest BCUT2D eigenvalue weighted by Gasteiger charge is 2.46. The van der Waals surface area contributed by atoms with Gasteiger partial charge in [-0.1, -0.05) is 60.7 Å². The normalized spacial score (nSPS) is 16.3. The summed E-state index contributed by atoms with van der Waals surface area (Å²) in [6.07, 6.45) is 2.29. The highest BCUT2D eigenvalue weighted by atomic mass is 16.5. The summed E-state index contributed by atoms with van der Waals surface area (Å²) in [5.74, 6) is 1.23. The predicted octanol–water partition coefficient (Wildman–Crippen LogP) is 4.76. The van der Waals surface area contributed by atoms with Gasteiger partial charge >= 0.3 is 0 Å². The number of carbonyl (C=O) groups excluding carboxylic acids is 1. The fraction of sp³-hybridized carbons (Fsp3) is 0.240. The van der Waals surface area contributed by atoms with Gasteiger partial charge in [0, 0.05) is 11.0 Å². The Hall–Kier alpha value is -3.27. The van der Waals surface area contributed by atoms with Crippen LogP contribution in [0.25, 0.3) is 0 Å². The summed E-state index contributed by atoms with van der Waals surface area (Å²) in [5.41, 5.74) is 2.82. The Kier molecular flexibility index (Phi) is 4.47. The van der Waals surface area contributed by atoms with Crippen LogP contribution in [-0.2, 0) is 0 Å². The molecule has 1 amide bonds. The number of hydrogen-bond acceptors (Lipinski definition) is 3. The molecular formula is C25H23NO3. The van der Waals surface area contributed by atoms with E-state index in [-0.39, 0.29) is 17.4 Å². The SMILES string of the molecule is O=C(NC(c1ccccc1)c1ccccc1)c1ccc2c(c1)OCC1(CC1)CO2. The molecule has 1 saturated carbocycles. The van der Waals surface area contributed by atoms with Crippen LogP contribution in [0.1, 0.15) is 40.4 Å². The van der Waals surface area contributed by atoms with Gasteiger partial charge < -0.3 is 14.8 Å². The number of hydrogen-bond donors (Lipinski definition) is 1. The summed E-state index contributed by atoms with van der Waals surface area (Å²) in [7, 11) is 0. The van der Waals surface area contributed by atoms with Crippen LogP contribution in [0.4, 0.5) is 0 Å². The Morgan fingerprint density at radius 3 is 1.97 bits per heavy atom. The lowest BCUT2D eigenvalue weighted by Gasteiger charge is -2.20. The van der Waals surface area contributed by atoms with Crippen LogP contribution in [0.15, 0.2) is 78.9 Å². The molecular weight excluding hydrogens is 362 g/mol. The standard InChI is InChI=1S/C25H23NO3/c27-24(20-11-12-21-22(15-20)29-17-25(13-14-25)16-28-21)26-23(18-7-3-1-4-8-18)19-9-5-2-6-10-19/h1-12,15,23H,13-14,16-17H2,(H,26,27). The third-order valence-electron chi connectivity index (χ3n) is 5.77. The minimum absolute atomic E-state index is 0.139. The molecule has 2 aliphatic rings. The van der Waals surface area contributed by atoms with Gasteiger partial charge in [0.1, 0.15) is 0 Å². The van der Waals surface area contributed by atoms with Gasteiger partial charge in [0.2, 0.25) is 0 Å². The van der Waals surface area contributed by atoms with E-state index in [1.54, 1.807) is 12.1 Å². The van der Waals surface area contributed by atoms with E-state index in [2.05, 4.69) is 5.32 Å². The molecule has 1 aliphatic heterocycles. The number of rotatable bonds is 4. The van der Waals surface area contributed by atoms with Gasteiger partial charge in [0.05, 0.1) is 19.3 Å². The van der Waals surface area contributed by atoms with Gasteiger partial charge in [-0.2, -0.15) is 0 Å². The molecule has 0 saturated heterocycles. The van der Waals surface area contributed by atoms with E-state index in [4.69, 9.17) is 9.47 Å². The molecule has 29 heavy (non-hydrogen) atoms. The van der Waals surface area contributed by atoms with Gasteiger partial charge in [-0.05, 0) is 42.2 Å². The maximum atomic E-state index is 13.1. The van der Waals surface area contributed by atoms with E-state index in [9.17, 15) is 4.79 Å². The van der Waals surface area contributed by atoms with E-state index in [0.29, 0.717) is 30.3 Å². The Balaban J connectivity index is 1.40. The zero-order valence-corrected chi connectivity index (χ0v) is 16.1. The van der Waals surface area contributed by atoms with Crippen molar-refractivity contribution >= 4 is 5.91 Å². The minimum atomic E-state index is -0.226. The zero-order valence-electron chi connectivity index (χ0n) is 16.1. The van der Waals surface area contributed by atoms with Gasteiger partial charge in [0.25, 0.3) is 5.91 Å². The van der Waals surface area contributed by atoms with E-state index >= 15 is 0 Å². The van der Waals surface area contributed by atoms with Crippen LogP contribution in [0.5, 0.6) is 11.5 Å². The molecule has 1 heterocycles. The van der Waals surface area contributed by atoms with Crippen LogP contribution < -0.4 is 14.8 Å². The van der Waals surface area contributed by atoms with Crippen LogP contribution in [-0.4, -0.2) is 19.1 Å². The summed E-state index contributed by atoms with van der Waals surface area (Å²) >= 11 is 0. The molecule has 0 unspecified atom stereocenters. The average molecular weight is 385 g/mol. The Morgan fingerprint density at radius 2 is 1.38 bits per heavy atom. The second kappa shape index (κ2) is 7.28. The van der Waals surface area contributed by atoms with Crippen LogP contribution in [0, 0.1) is 5.41 Å². The molecule has 0 aromatic heterocycles. The van der Waals surface area contributed by atoms with Crippen molar-refractivity contribution in [3.05, 3.63) is 95.6 Å². The number of fused-ring (bicyclic) bond motifs is 1. The fourth-order valence-corrected chi connectivity index (χ4v) is 3.71. The smallest absolute Gasteiger partial charge is 0.252 e. The maximum absolute atomic E-state index is 13.1. The Morgan fingerprint density at radius 1 is 0.793 bits per heavy atom. The van der Waals surface area contributed by atoms with Crippen LogP contribution in [0.2, 0.25) is 0 Å². The minimum Gasteiger partial charge on any atom is -0.489 e. The summed E-state index contributed by atoms with van der Waals surface area (Å²) in [6.45, 7) is 1.34. The Bertz CT molecular complexity index is 973. The molecule has 3 aromatic carbocycles. The second-order valence-corrected chi connectivity index (χ2v) is 7.97. The second-order valence-electron chi connectivity index (χ2n) is 7.97. The molecule has 3 aromatic rings. The molecule has 4 nitrogen and oxygen atoms in total. The van der Waals surface area contributed by atoms with Gasteiger partial charge in [0.15, 0.2) is 11.5 Å². The van der Waals surface area contributed by atoms with Crippen molar-refractivity contribution < 1.29 is 14.3 Å². The lowest BCUT2D eigenvalue weighted by Crippen LogP contribution is -2.29. The van der Waals surface area contributed by atoms with Crippen molar-refractivity contribution in [3.8, 4) is 11.5 Å². The van der Waals surface area contributed by atoms with Crippen LogP contribution >= 0.6 is 0 Å². The van der Waals surface area contributed by atoms with Crippen LogP contribution in [0.3, 0.4) is 0 Å². The van der Waals surface area contributed by atoms with Gasteiger partial charge in [-0.15, -0.1) is 0 Å². The van der Waals surface area contributed by atoms with Gasteiger partial charge in [-0.25, -0.2) is 0 Å². The number of nitrogens with one attached hydrogen (secondary N) is 1. The van der Waals surface area contributed by atoms with Crippen molar-refractivity contribution in [2.75, 3.05) is 13.2 Å². The maximum Gasteiger partial charge on any atom is 0.252 e. The lowest BCUT2D eigenvalue weighted by molar-refractivity contribution is 0.0942. The first-order valence-corrected chi connectivity index (χ1v) is 10.0. The van der Waals surface area contributed by atoms with E-state index in [0.717, 1.165) is 24.0 Å². The molecule has 4 heteroatoms.